The molecule has 0 saturated carbocycles. The number of halogens is 7. The van der Waals surface area contributed by atoms with Crippen molar-refractivity contribution in [2.45, 2.75) is 25.9 Å². The fraction of sp³-hybridized carbons (Fsp3) is 0.235. The van der Waals surface area contributed by atoms with E-state index in [9.17, 15) is 26.7 Å². The molecule has 30 heavy (non-hydrogen) atoms. The lowest BCUT2D eigenvalue weighted by molar-refractivity contribution is -0.117. The molecule has 160 valence electrons. The molecule has 3 rings (SSSR count). The van der Waals surface area contributed by atoms with E-state index in [2.05, 4.69) is 31.4 Å². The van der Waals surface area contributed by atoms with Crippen LogP contribution in [-0.2, 0) is 17.9 Å². The molecule has 0 spiro atoms. The van der Waals surface area contributed by atoms with E-state index in [1.54, 1.807) is 0 Å². The molecule has 0 fully saturated rings. The van der Waals surface area contributed by atoms with Crippen LogP contribution in [0.4, 0.5) is 27.8 Å². The summed E-state index contributed by atoms with van der Waals surface area (Å²) in [6.07, 6.45) is -4.69. The van der Waals surface area contributed by atoms with Crippen molar-refractivity contribution in [3.8, 4) is 0 Å². The number of benzene rings is 1. The topological polar surface area (TPSA) is 64.7 Å². The van der Waals surface area contributed by atoms with E-state index in [0.29, 0.717) is 15.2 Å². The molecular formula is C17H12BrClF5N5O. The van der Waals surface area contributed by atoms with E-state index in [-0.39, 0.29) is 22.9 Å². The molecule has 0 radical (unpaired) electrons. The molecule has 2 aromatic heterocycles. The molecule has 0 aliphatic heterocycles. The molecule has 0 aliphatic carbocycles. The monoisotopic (exact) mass is 511 g/mol. The molecule has 0 saturated heterocycles. The minimum atomic E-state index is -3.09. The number of nitrogens with one attached hydrogen (secondary N) is 1. The summed E-state index contributed by atoms with van der Waals surface area (Å²) < 4.78 is 67.5. The third kappa shape index (κ3) is 4.98. The van der Waals surface area contributed by atoms with Gasteiger partial charge in [0.15, 0.2) is 5.82 Å². The minimum absolute atomic E-state index is 0.0206. The largest absolute Gasteiger partial charge is 0.307 e. The quantitative estimate of drug-likeness (QED) is 0.443. The first-order valence-electron chi connectivity index (χ1n) is 8.25. The molecule has 1 aromatic carbocycles. The zero-order chi connectivity index (χ0) is 22.0. The maximum Gasteiger partial charge on any atom is 0.282 e. The van der Waals surface area contributed by atoms with Crippen LogP contribution in [0.15, 0.2) is 34.9 Å². The third-order valence-electron chi connectivity index (χ3n) is 3.93. The third-order valence-corrected chi connectivity index (χ3v) is 4.86. The number of hydrogen-bond acceptors (Lipinski definition) is 3. The highest BCUT2D eigenvalue weighted by Gasteiger charge is 2.23. The Morgan fingerprint density at radius 2 is 1.93 bits per heavy atom. The molecular weight excluding hydrogens is 501 g/mol. The lowest BCUT2D eigenvalue weighted by Gasteiger charge is -2.07. The number of anilines is 1. The van der Waals surface area contributed by atoms with Gasteiger partial charge < -0.3 is 5.32 Å². The highest BCUT2D eigenvalue weighted by atomic mass is 79.9. The summed E-state index contributed by atoms with van der Waals surface area (Å²) >= 11 is 9.15. The van der Waals surface area contributed by atoms with E-state index in [1.807, 2.05) is 0 Å². The fourth-order valence-corrected chi connectivity index (χ4v) is 3.21. The van der Waals surface area contributed by atoms with Crippen molar-refractivity contribution >= 4 is 39.3 Å². The van der Waals surface area contributed by atoms with Gasteiger partial charge in [0.1, 0.15) is 23.7 Å². The number of alkyl halides is 4. The van der Waals surface area contributed by atoms with Gasteiger partial charge in [0.25, 0.3) is 12.9 Å². The van der Waals surface area contributed by atoms with Crippen LogP contribution in [0.3, 0.4) is 0 Å². The number of carbonyl (C=O) groups is 1. The van der Waals surface area contributed by atoms with Crippen molar-refractivity contribution in [1.82, 2.24) is 19.6 Å². The van der Waals surface area contributed by atoms with Gasteiger partial charge in [-0.15, -0.1) is 0 Å². The van der Waals surface area contributed by atoms with Crippen molar-refractivity contribution in [3.05, 3.63) is 62.7 Å². The van der Waals surface area contributed by atoms with Gasteiger partial charge in [-0.2, -0.15) is 10.2 Å². The van der Waals surface area contributed by atoms with Crippen molar-refractivity contribution < 1.29 is 26.7 Å². The normalized spacial score (nSPS) is 11.5. The molecule has 1 N–H and O–H groups in total. The molecule has 0 aliphatic rings. The van der Waals surface area contributed by atoms with Gasteiger partial charge >= 0.3 is 0 Å². The van der Waals surface area contributed by atoms with Gasteiger partial charge in [0.2, 0.25) is 5.91 Å². The number of amides is 1. The molecule has 13 heteroatoms. The van der Waals surface area contributed by atoms with Crippen molar-refractivity contribution in [2.24, 2.45) is 0 Å². The summed E-state index contributed by atoms with van der Waals surface area (Å²) in [5.41, 5.74) is -1.48. The van der Waals surface area contributed by atoms with Crippen molar-refractivity contribution in [3.63, 3.8) is 0 Å². The molecule has 0 bridgehead atoms. The maximum absolute atomic E-state index is 13.9. The second kappa shape index (κ2) is 9.13. The Hall–Kier alpha value is -2.47. The van der Waals surface area contributed by atoms with Gasteiger partial charge in [-0.05, 0) is 34.1 Å². The Balaban J connectivity index is 1.74. The van der Waals surface area contributed by atoms with Crippen LogP contribution in [0.25, 0.3) is 0 Å². The zero-order valence-corrected chi connectivity index (χ0v) is 17.1. The number of hydrogen-bond donors (Lipinski definition) is 1. The highest BCUT2D eigenvalue weighted by molar-refractivity contribution is 9.10. The summed E-state index contributed by atoms with van der Waals surface area (Å²) in [7, 11) is 0. The Labute approximate surface area is 179 Å². The van der Waals surface area contributed by atoms with E-state index in [4.69, 9.17) is 11.6 Å². The smallest absolute Gasteiger partial charge is 0.282 e. The summed E-state index contributed by atoms with van der Waals surface area (Å²) in [6.45, 7) is -0.767. The lowest BCUT2D eigenvalue weighted by Crippen LogP contribution is -2.21. The molecule has 2 heterocycles. The Morgan fingerprint density at radius 1 is 1.20 bits per heavy atom. The van der Waals surface area contributed by atoms with E-state index in [0.717, 1.165) is 0 Å². The number of aromatic nitrogens is 4. The SMILES string of the molecule is O=C(Cn1nc(C(F)F)cc1C(F)F)Nc1nn(Cc2c(F)cccc2Cl)cc1Br. The standard InChI is InChI=1S/C17H12BrClF5N5O/c18-9-6-28(5-8-10(19)2-1-3-11(8)20)27-17(9)25-14(30)7-29-13(16(23)24)4-12(26-29)15(21)22/h1-4,6,15-16H,5,7H2,(H,25,27,30). The minimum Gasteiger partial charge on any atom is -0.307 e. The molecule has 1 amide bonds. The highest BCUT2D eigenvalue weighted by Crippen LogP contribution is 2.26. The number of carbonyl (C=O) groups excluding carboxylic acids is 1. The van der Waals surface area contributed by atoms with Crippen LogP contribution in [-0.4, -0.2) is 25.5 Å². The molecule has 0 atom stereocenters. The van der Waals surface area contributed by atoms with Gasteiger partial charge in [-0.1, -0.05) is 17.7 Å². The second-order valence-corrected chi connectivity index (χ2v) is 7.29. The van der Waals surface area contributed by atoms with Gasteiger partial charge in [-0.25, -0.2) is 22.0 Å². The lowest BCUT2D eigenvalue weighted by atomic mass is 10.2. The van der Waals surface area contributed by atoms with Crippen LogP contribution in [0.1, 0.15) is 29.8 Å². The average molecular weight is 513 g/mol. The number of nitrogens with zero attached hydrogens (tertiary/aromatic N) is 4. The van der Waals surface area contributed by atoms with E-state index < -0.39 is 42.5 Å². The van der Waals surface area contributed by atoms with Crippen LogP contribution in [0, 0.1) is 5.82 Å². The zero-order valence-electron chi connectivity index (χ0n) is 14.8. The Morgan fingerprint density at radius 3 is 2.57 bits per heavy atom. The van der Waals surface area contributed by atoms with E-state index >= 15 is 0 Å². The summed E-state index contributed by atoms with van der Waals surface area (Å²) in [6, 6.07) is 4.75. The summed E-state index contributed by atoms with van der Waals surface area (Å²) in [4.78, 5) is 12.2. The predicted octanol–water partition coefficient (Wildman–Crippen LogP) is 5.20. The van der Waals surface area contributed by atoms with Crippen molar-refractivity contribution in [1.29, 1.82) is 0 Å². The fourth-order valence-electron chi connectivity index (χ4n) is 2.58. The Bertz CT molecular complexity index is 1050. The first kappa shape index (κ1) is 22.2. The van der Waals surface area contributed by atoms with Crippen LogP contribution < -0.4 is 5.32 Å². The van der Waals surface area contributed by atoms with Gasteiger partial charge in [0.05, 0.1) is 11.0 Å². The first-order chi connectivity index (χ1) is 14.2. The van der Waals surface area contributed by atoms with Gasteiger partial charge in [-0.3, -0.25) is 14.2 Å². The Kier molecular flexibility index (Phi) is 6.76. The summed E-state index contributed by atoms with van der Waals surface area (Å²) in [5, 5.41) is 9.98. The van der Waals surface area contributed by atoms with Crippen LogP contribution in [0.5, 0.6) is 0 Å². The molecule has 6 nitrogen and oxygen atoms in total. The first-order valence-corrected chi connectivity index (χ1v) is 9.42. The second-order valence-electron chi connectivity index (χ2n) is 6.02. The predicted molar refractivity (Wildman–Crippen MR) is 101 cm³/mol. The maximum atomic E-state index is 13.9. The molecule has 0 unspecified atom stereocenters. The van der Waals surface area contributed by atoms with Crippen molar-refractivity contribution in [2.75, 3.05) is 5.32 Å². The average Bonchev–Trinajstić information content (AvgIpc) is 3.22. The van der Waals surface area contributed by atoms with Crippen LogP contribution >= 0.6 is 27.5 Å². The summed E-state index contributed by atoms with van der Waals surface area (Å²) in [5.74, 6) is -1.34. The van der Waals surface area contributed by atoms with Crippen LogP contribution in [0.2, 0.25) is 5.02 Å². The molecule has 3 aromatic rings. The number of rotatable bonds is 7. The van der Waals surface area contributed by atoms with E-state index in [1.165, 1.54) is 29.1 Å². The van der Waals surface area contributed by atoms with Gasteiger partial charge in [0, 0.05) is 16.8 Å².